The van der Waals surface area contributed by atoms with E-state index >= 15 is 0 Å². The smallest absolute Gasteiger partial charge is 0.457 e. The number of anilines is 1. The number of hydrogen-bond donors (Lipinski definition) is 12. The Kier molecular flexibility index (Phi) is 34.3. The van der Waals surface area contributed by atoms with Crippen LogP contribution in [-0.4, -0.2) is 218 Å². The van der Waals surface area contributed by atoms with Gasteiger partial charge in [0.1, 0.15) is 35.9 Å². The number of carbonyl (C=O) groups excluding carboxylic acids is 10. The van der Waals surface area contributed by atoms with Crippen LogP contribution in [0.5, 0.6) is 11.5 Å². The fourth-order valence-corrected chi connectivity index (χ4v) is 24.2. The number of primary amides is 6. The molecule has 8 bridgehead atoms. The van der Waals surface area contributed by atoms with Crippen molar-refractivity contribution in [3.8, 4) is 22.6 Å². The molecule has 9 aliphatic heterocycles. The number of amides is 10. The van der Waals surface area contributed by atoms with Gasteiger partial charge in [-0.3, -0.25) is 24.3 Å². The Morgan fingerprint density at radius 2 is 1.45 bits per heavy atom. The molecular weight excluding hydrogens is 1910 g/mol. The molecule has 14 rings (SSSR count). The maximum absolute atomic E-state index is 14.5. The van der Waals surface area contributed by atoms with E-state index in [9.17, 15) is 83.2 Å². The number of aliphatic hydroxyl groups excluding tert-OH is 2. The van der Waals surface area contributed by atoms with Crippen molar-refractivity contribution in [1.29, 1.82) is 10.5 Å². The zero-order valence-electron chi connectivity index (χ0n) is 82.1. The summed E-state index contributed by atoms with van der Waals surface area (Å²) in [4.78, 5) is 167. The van der Waals surface area contributed by atoms with Crippen LogP contribution in [0.2, 0.25) is 0 Å². The Morgan fingerprint density at radius 3 is 2.11 bits per heavy atom. The van der Waals surface area contributed by atoms with E-state index in [1.165, 1.54) is 17.8 Å². The molecule has 0 saturated carbocycles. The van der Waals surface area contributed by atoms with Gasteiger partial charge in [0, 0.05) is 42.9 Å². The number of imidazole rings is 1. The van der Waals surface area contributed by atoms with Crippen LogP contribution in [0.15, 0.2) is 122 Å². The number of aliphatic imine (C=N–C) groups is 3. The molecule has 3 fully saturated rings. The number of imide groups is 1. The van der Waals surface area contributed by atoms with Crippen molar-refractivity contribution in [3.63, 3.8) is 0 Å². The number of rotatable bonds is 44. The van der Waals surface area contributed by atoms with Gasteiger partial charge in [0.05, 0.1) is 75.2 Å². The van der Waals surface area contributed by atoms with Gasteiger partial charge in [0.15, 0.2) is 6.23 Å². The van der Waals surface area contributed by atoms with Gasteiger partial charge in [0.25, 0.3) is 13.7 Å². The zero-order chi connectivity index (χ0) is 104. The van der Waals surface area contributed by atoms with Crippen LogP contribution in [0.4, 0.5) is 5.69 Å². The summed E-state index contributed by atoms with van der Waals surface area (Å²) in [6, 6.07) is 20.3. The van der Waals surface area contributed by atoms with Crippen molar-refractivity contribution in [3.05, 3.63) is 146 Å². The fourth-order valence-electron chi connectivity index (χ4n) is 21.9. The molecule has 10 heterocycles. The van der Waals surface area contributed by atoms with Crippen LogP contribution in [0.3, 0.4) is 0 Å². The molecule has 0 aliphatic carbocycles. The summed E-state index contributed by atoms with van der Waals surface area (Å²) in [6.07, 6.45) is -3.48. The normalized spacial score (nSPS) is 27.6. The summed E-state index contributed by atoms with van der Waals surface area (Å²) in [5.74, 6) is -7.62. The number of aryl methyl sites for hydroxylation is 2. The number of allylic oxidation sites excluding steroid dienone is 6. The second-order valence-corrected chi connectivity index (χ2v) is 41.7. The number of benzene rings is 4. The standard InChI is InChI=1S/C62H90N13O14P.C36H39BN4O9.CN.Co/c1-29-20-39-40(21-30(29)2)75(28-70-39)57-52(84)53(41(27-76)87-57)89-90(85,86)88-31(3)26-69-49(83)18-19-59(8)37(22-46(66)80)56-62(11)61(10,25-48(68)82)36(14-17-45(65)79)51(74-62)33(5)55-60(9,24-47(67)81)34(12-15-43(63)77)38(71-55)23-42-58(6,7)35(13-16-44(64)78)50(72-42)32(4)54(59)73-56;38-21-24-5-6-25(33(19-24)50-27-7-8-30-26(20-27)23-49-37(30)45)11-14-47-16-18-48-17-15-46-13-2-12-39-31-4-1-3-28-29(31)22-41(36(28)44)32-9-10-34(42)40-35(32)43;1-2;/h20-21,23,28,31,34-37,41,52-53,56-57,76,84H,12-19,22,24-27H2,1-11H3,(H15,63,64,65,66,67,68,69,71,72,73,74,77,78,79,80,81,82,83,85,86);1,3-8,19-20,32,39,45H,2,9-18,22-23H2,(H,40,42,43);;/q;;;+2/p-2/t31?,34-,35-,36-,37+,41-,52-,53-,56-,57+,59-,60+,61+,62+;;;/m1.../s1. The summed E-state index contributed by atoms with van der Waals surface area (Å²) in [5.41, 5.74) is 41.6. The van der Waals surface area contributed by atoms with E-state index in [0.29, 0.717) is 151 Å². The molecule has 143 heavy (non-hydrogen) atoms. The van der Waals surface area contributed by atoms with Gasteiger partial charge in [0.2, 0.25) is 11.8 Å². The third kappa shape index (κ3) is 23.3. The summed E-state index contributed by atoms with van der Waals surface area (Å²) in [7, 11) is -6.26. The van der Waals surface area contributed by atoms with E-state index < -0.39 is 162 Å². The molecule has 5 aromatic rings. The average molecular weight is 2040 g/mol. The number of carbonyl (C=O) groups is 10. The molecule has 10 amide bonds. The van der Waals surface area contributed by atoms with Gasteiger partial charge in [-0.05, 0) is 109 Å². The number of nitrogens with zero attached hydrogens (tertiary/aromatic N) is 9. The van der Waals surface area contributed by atoms with E-state index in [1.54, 1.807) is 73.0 Å². The van der Waals surface area contributed by atoms with Crippen LogP contribution in [0, 0.1) is 80.8 Å². The minimum atomic E-state index is -5.35. The van der Waals surface area contributed by atoms with Crippen LogP contribution >= 0.6 is 7.82 Å². The van der Waals surface area contributed by atoms with Gasteiger partial charge in [-0.2, -0.15) is 5.26 Å². The molecule has 16 atom stereocenters. The van der Waals surface area contributed by atoms with E-state index in [0.717, 1.165) is 45.4 Å². The molecule has 9 aliphatic rings. The van der Waals surface area contributed by atoms with Gasteiger partial charge in [-0.1, -0.05) is 18.2 Å². The molecule has 0 spiro atoms. The van der Waals surface area contributed by atoms with E-state index in [1.807, 2.05) is 77.9 Å². The first kappa shape index (κ1) is 108. The average Bonchev–Trinajstić information content (AvgIpc) is 1.51. The van der Waals surface area contributed by atoms with Gasteiger partial charge >= 0.3 is 424 Å². The molecule has 0 radical (unpaired) electrons. The van der Waals surface area contributed by atoms with Crippen molar-refractivity contribution in [2.75, 3.05) is 64.7 Å². The number of nitrogens with one attached hydrogen (secondary N) is 3. The first-order chi connectivity index (χ1) is 67.7. The van der Waals surface area contributed by atoms with Crippen LogP contribution in [-0.2, 0) is 115 Å². The quantitative estimate of drug-likeness (QED) is 0.0104. The number of ether oxygens (including phenoxy) is 5. The molecule has 768 valence electrons. The second-order valence-electron chi connectivity index (χ2n) is 39.4. The third-order valence-electron chi connectivity index (χ3n) is 29.6. The molecule has 3 unspecified atom stereocenters. The molecule has 4 aromatic carbocycles. The number of phosphoric ester groups is 1. The first-order valence-electron chi connectivity index (χ1n) is 47.8. The number of piperidine rings is 1. The van der Waals surface area contributed by atoms with E-state index in [2.05, 4.69) is 32.0 Å². The minimum absolute atomic E-state index is 0.0111. The predicted octanol–water partition coefficient (Wildman–Crippen LogP) is 5.15. The summed E-state index contributed by atoms with van der Waals surface area (Å²) in [6.45, 7) is 22.8. The molecule has 41 nitrogen and oxygen atoms in total. The minimum Gasteiger partial charge on any atom is -0.457 e. The fraction of sp³-hybridized carbons (Fsp3) is 0.535. The van der Waals surface area contributed by atoms with Crippen LogP contribution in [0.25, 0.3) is 11.0 Å². The van der Waals surface area contributed by atoms with Crippen molar-refractivity contribution >= 4 is 113 Å². The number of phosphoric acid groups is 1. The van der Waals surface area contributed by atoms with Crippen molar-refractivity contribution < 1.29 is 125 Å². The van der Waals surface area contributed by atoms with Crippen LogP contribution in [0.1, 0.15) is 202 Å². The molecule has 3 saturated heterocycles. The molecule has 44 heteroatoms. The molecule has 1 aromatic heterocycles. The second kappa shape index (κ2) is 45.2. The predicted molar refractivity (Wildman–Crippen MR) is 518 cm³/mol. The summed E-state index contributed by atoms with van der Waals surface area (Å²) in [5, 5.41) is 62.9. The Balaban J connectivity index is 0.000000287. The monoisotopic (exact) mass is 2040 g/mol. The third-order valence-corrected chi connectivity index (χ3v) is 31.8. The van der Waals surface area contributed by atoms with E-state index in [-0.39, 0.29) is 110 Å². The SMILES string of the molecule is C/C1=C2N=C(/C=C3N=C(/C(C)=C4/[C@@H](CCC(N)=O)[C@](C)(CC(N)=O)[C@](C)([C@@H]5N=C1[C@](C)(CCC(=O)NCC(C)OP(=O)([O-])O[C@H]1[C@@H](O)[C@@H](n6cnc7cc(C)c(C)cc76)O[C@@H]1CO)[C@H]5CC(N)=O)[N]4[Co+][C]#N)[C@@](C)(CC(N)=O)[C@@H]\3CCC(N)=O)C(C)(C)[C@@H]/2CCC(N)=O.N#Cc1ccc(CCOCCOCCOCCCNc2cccc3c2CN(C2CCC(=O)NC2=O)C3=O)c(Oc2ccc3c(c2)COB3O)c1. The Morgan fingerprint density at radius 1 is 0.783 bits per heavy atom. The number of hydrogen-bond acceptors (Lipinski definition) is 31. The van der Waals surface area contributed by atoms with Crippen molar-refractivity contribution in [2.45, 2.75) is 234 Å². The van der Waals surface area contributed by atoms with Crippen molar-refractivity contribution in [2.24, 2.45) is 94.7 Å². The van der Waals surface area contributed by atoms with Gasteiger partial charge in [-0.15, -0.1) is 0 Å². The van der Waals surface area contributed by atoms with Crippen molar-refractivity contribution in [1.82, 2.24) is 29.0 Å². The number of aromatic nitrogens is 2. The number of nitriles is 2. The van der Waals surface area contributed by atoms with E-state index in [4.69, 9.17) is 86.8 Å². The molecule has 18 N–H and O–H groups in total. The topological polar surface area (TPSA) is 647 Å². The number of aliphatic hydroxyl groups is 2. The van der Waals surface area contributed by atoms with Gasteiger partial charge < -0.3 is 67.8 Å². The first-order valence-corrected chi connectivity index (χ1v) is 50.3. The van der Waals surface area contributed by atoms with Crippen LogP contribution < -0.4 is 65.4 Å². The maximum atomic E-state index is 14.5. The Hall–Kier alpha value is -11.8. The summed E-state index contributed by atoms with van der Waals surface area (Å²) >= 11 is 0.0230. The number of nitrogens with two attached hydrogens (primary N) is 6. The van der Waals surface area contributed by atoms with Gasteiger partial charge in [-0.25, -0.2) is 4.98 Å². The Bertz CT molecular complexity index is 6150. The molecular formula is C99H127BCoN18O23P. The summed E-state index contributed by atoms with van der Waals surface area (Å²) < 4.78 is 62.2. The Labute approximate surface area is 835 Å². The zero-order valence-corrected chi connectivity index (χ0v) is 84.0. The number of fused-ring (bicyclic) bond motifs is 9.